The predicted molar refractivity (Wildman–Crippen MR) is 92.1 cm³/mol. The fourth-order valence-corrected chi connectivity index (χ4v) is 2.77. The highest BCUT2D eigenvalue weighted by Gasteiger charge is 2.11. The van der Waals surface area contributed by atoms with Gasteiger partial charge in [0.2, 0.25) is 5.91 Å². The molecule has 0 aliphatic rings. The van der Waals surface area contributed by atoms with Crippen LogP contribution in [0.4, 0.5) is 5.69 Å². The van der Waals surface area contributed by atoms with E-state index in [0.717, 1.165) is 16.5 Å². The molecule has 0 fully saturated rings. The highest BCUT2D eigenvalue weighted by molar-refractivity contribution is 6.35. The van der Waals surface area contributed by atoms with Gasteiger partial charge in [0.15, 0.2) is 0 Å². The number of nitrogens with one attached hydrogen (secondary N) is 2. The van der Waals surface area contributed by atoms with Gasteiger partial charge in [-0.25, -0.2) is 0 Å². The van der Waals surface area contributed by atoms with Crippen LogP contribution in [0.25, 0.3) is 10.9 Å². The Morgan fingerprint density at radius 3 is 2.59 bits per heavy atom. The number of carbonyl (C=O) groups is 1. The topological polar surface area (TPSA) is 44.9 Å². The summed E-state index contributed by atoms with van der Waals surface area (Å²) in [6.07, 6.45) is 2.03. The Morgan fingerprint density at radius 1 is 1.05 bits per heavy atom. The van der Waals surface area contributed by atoms with Crippen LogP contribution < -0.4 is 5.32 Å². The number of amides is 1. The number of hydrogen-bond acceptors (Lipinski definition) is 1. The third kappa shape index (κ3) is 3.22. The van der Waals surface area contributed by atoms with Crippen LogP contribution in [-0.4, -0.2) is 10.9 Å². The number of aromatic nitrogens is 1. The third-order valence-corrected chi connectivity index (χ3v) is 4.08. The molecule has 2 N–H and O–H groups in total. The van der Waals surface area contributed by atoms with Crippen molar-refractivity contribution in [2.45, 2.75) is 6.42 Å². The number of carbonyl (C=O) groups excluding carboxylic acids is 1. The van der Waals surface area contributed by atoms with Crippen molar-refractivity contribution >= 4 is 57.3 Å². The summed E-state index contributed by atoms with van der Waals surface area (Å²) < 4.78 is 0. The fraction of sp³-hybridized carbons (Fsp3) is 0.0625. The van der Waals surface area contributed by atoms with Gasteiger partial charge in [0.1, 0.15) is 0 Å². The molecule has 0 aliphatic carbocycles. The van der Waals surface area contributed by atoms with Gasteiger partial charge in [-0.15, -0.1) is 0 Å². The zero-order valence-electron chi connectivity index (χ0n) is 11.3. The van der Waals surface area contributed by atoms with E-state index in [1.54, 1.807) is 30.5 Å². The molecule has 1 aromatic heterocycles. The van der Waals surface area contributed by atoms with E-state index in [0.29, 0.717) is 20.8 Å². The Labute approximate surface area is 142 Å². The lowest BCUT2D eigenvalue weighted by molar-refractivity contribution is -0.115. The van der Waals surface area contributed by atoms with E-state index in [-0.39, 0.29) is 12.3 Å². The highest BCUT2D eigenvalue weighted by atomic mass is 35.5. The molecule has 3 rings (SSSR count). The van der Waals surface area contributed by atoms with E-state index in [4.69, 9.17) is 34.8 Å². The van der Waals surface area contributed by atoms with Crippen LogP contribution in [0.5, 0.6) is 0 Å². The second-order valence-corrected chi connectivity index (χ2v) is 6.13. The van der Waals surface area contributed by atoms with Gasteiger partial charge in [-0.2, -0.15) is 0 Å². The maximum atomic E-state index is 12.2. The van der Waals surface area contributed by atoms with Crippen molar-refractivity contribution in [1.82, 2.24) is 4.98 Å². The maximum Gasteiger partial charge on any atom is 0.228 e. The molecule has 1 amide bonds. The number of benzene rings is 2. The number of anilines is 1. The fourth-order valence-electron chi connectivity index (χ4n) is 2.27. The van der Waals surface area contributed by atoms with Crippen LogP contribution in [0.1, 0.15) is 5.56 Å². The van der Waals surface area contributed by atoms with Gasteiger partial charge in [0.25, 0.3) is 0 Å². The minimum absolute atomic E-state index is 0.167. The summed E-state index contributed by atoms with van der Waals surface area (Å²) in [5.74, 6) is -0.167. The molecule has 1 heterocycles. The quantitative estimate of drug-likeness (QED) is 0.658. The largest absolute Gasteiger partial charge is 0.361 e. The lowest BCUT2D eigenvalue weighted by Gasteiger charge is -2.07. The highest BCUT2D eigenvalue weighted by Crippen LogP contribution is 2.26. The van der Waals surface area contributed by atoms with E-state index in [1.165, 1.54) is 0 Å². The minimum atomic E-state index is -0.167. The molecule has 0 bridgehead atoms. The van der Waals surface area contributed by atoms with Gasteiger partial charge in [-0.3, -0.25) is 4.79 Å². The lowest BCUT2D eigenvalue weighted by Crippen LogP contribution is -2.14. The molecule has 0 unspecified atom stereocenters. The van der Waals surface area contributed by atoms with E-state index in [1.807, 2.05) is 12.1 Å². The van der Waals surface area contributed by atoms with Gasteiger partial charge >= 0.3 is 0 Å². The molecule has 6 heteroatoms. The van der Waals surface area contributed by atoms with Crippen molar-refractivity contribution in [3.63, 3.8) is 0 Å². The molecule has 0 saturated heterocycles. The van der Waals surface area contributed by atoms with Gasteiger partial charge in [0.05, 0.1) is 17.1 Å². The summed E-state index contributed by atoms with van der Waals surface area (Å²) >= 11 is 17.9. The molecule has 0 atom stereocenters. The summed E-state index contributed by atoms with van der Waals surface area (Å²) in [5.41, 5.74) is 2.29. The summed E-state index contributed by atoms with van der Waals surface area (Å²) in [5, 5.41) is 5.35. The van der Waals surface area contributed by atoms with Crippen LogP contribution >= 0.6 is 34.8 Å². The van der Waals surface area contributed by atoms with Gasteiger partial charge in [-0.1, -0.05) is 40.9 Å². The standard InChI is InChI=1S/C16H11Cl3N2O/c17-10-1-3-12-9(8-20-14(12)6-10)5-16(22)21-15-7-11(18)2-4-13(15)19/h1-4,6-8,20H,5H2,(H,21,22). The summed E-state index contributed by atoms with van der Waals surface area (Å²) in [6, 6.07) is 10.5. The van der Waals surface area contributed by atoms with E-state index >= 15 is 0 Å². The first-order valence-corrected chi connectivity index (χ1v) is 7.67. The van der Waals surface area contributed by atoms with Crippen LogP contribution in [0.3, 0.4) is 0 Å². The number of H-pyrrole nitrogens is 1. The predicted octanol–water partition coefficient (Wildman–Crippen LogP) is 5.31. The van der Waals surface area contributed by atoms with Crippen molar-refractivity contribution in [2.24, 2.45) is 0 Å². The first kappa shape index (κ1) is 15.2. The molecular weight excluding hydrogens is 343 g/mol. The van der Waals surface area contributed by atoms with Crippen molar-refractivity contribution in [3.05, 3.63) is 63.2 Å². The van der Waals surface area contributed by atoms with Gasteiger partial charge in [-0.05, 0) is 35.9 Å². The number of halogens is 3. The zero-order valence-corrected chi connectivity index (χ0v) is 13.6. The Hall–Kier alpha value is -1.68. The zero-order chi connectivity index (χ0) is 15.7. The van der Waals surface area contributed by atoms with Crippen molar-refractivity contribution in [3.8, 4) is 0 Å². The monoisotopic (exact) mass is 352 g/mol. The first-order chi connectivity index (χ1) is 10.5. The van der Waals surface area contributed by atoms with Crippen molar-refractivity contribution in [1.29, 1.82) is 0 Å². The van der Waals surface area contributed by atoms with E-state index < -0.39 is 0 Å². The maximum absolute atomic E-state index is 12.2. The average Bonchev–Trinajstić information content (AvgIpc) is 2.85. The number of hydrogen-bond donors (Lipinski definition) is 2. The van der Waals surface area contributed by atoms with Crippen molar-refractivity contribution < 1.29 is 4.79 Å². The first-order valence-electron chi connectivity index (χ1n) is 6.53. The Kier molecular flexibility index (Phi) is 4.30. The molecule has 2 aromatic carbocycles. The third-order valence-electron chi connectivity index (χ3n) is 3.28. The van der Waals surface area contributed by atoms with Crippen LogP contribution in [-0.2, 0) is 11.2 Å². The smallest absolute Gasteiger partial charge is 0.228 e. The van der Waals surface area contributed by atoms with E-state index in [2.05, 4.69) is 10.3 Å². The summed E-state index contributed by atoms with van der Waals surface area (Å²) in [7, 11) is 0. The molecule has 22 heavy (non-hydrogen) atoms. The summed E-state index contributed by atoms with van der Waals surface area (Å²) in [6.45, 7) is 0. The molecule has 3 nitrogen and oxygen atoms in total. The molecule has 3 aromatic rings. The molecule has 112 valence electrons. The Morgan fingerprint density at radius 2 is 1.77 bits per heavy atom. The average molecular weight is 354 g/mol. The van der Waals surface area contributed by atoms with E-state index in [9.17, 15) is 4.79 Å². The number of rotatable bonds is 3. The van der Waals surface area contributed by atoms with Gasteiger partial charge in [0, 0.05) is 27.1 Å². The normalized spacial score (nSPS) is 10.9. The Balaban J connectivity index is 1.80. The molecular formula is C16H11Cl3N2O. The number of fused-ring (bicyclic) bond motifs is 1. The molecule has 0 radical (unpaired) electrons. The molecule has 0 aliphatic heterocycles. The van der Waals surface area contributed by atoms with Crippen LogP contribution in [0.15, 0.2) is 42.6 Å². The number of aromatic amines is 1. The van der Waals surface area contributed by atoms with Crippen LogP contribution in [0.2, 0.25) is 15.1 Å². The van der Waals surface area contributed by atoms with Crippen LogP contribution in [0, 0.1) is 0 Å². The second-order valence-electron chi connectivity index (χ2n) is 4.85. The SMILES string of the molecule is O=C(Cc1c[nH]c2cc(Cl)ccc12)Nc1cc(Cl)ccc1Cl. The summed E-state index contributed by atoms with van der Waals surface area (Å²) in [4.78, 5) is 15.3. The minimum Gasteiger partial charge on any atom is -0.361 e. The lowest BCUT2D eigenvalue weighted by atomic mass is 10.1. The second kappa shape index (κ2) is 6.21. The molecule has 0 spiro atoms. The van der Waals surface area contributed by atoms with Gasteiger partial charge < -0.3 is 10.3 Å². The molecule has 0 saturated carbocycles. The Bertz CT molecular complexity index is 858. The van der Waals surface area contributed by atoms with Crippen molar-refractivity contribution in [2.75, 3.05) is 5.32 Å².